The molecule has 1 aromatic carbocycles. The smallest absolute Gasteiger partial charge is 0.396 e. The Morgan fingerprint density at radius 3 is 2.57 bits per heavy atom. The van der Waals surface area contributed by atoms with Crippen LogP contribution >= 0.6 is 11.6 Å². The van der Waals surface area contributed by atoms with E-state index in [1.807, 2.05) is 17.0 Å². The molecule has 0 radical (unpaired) electrons. The molecular weight excluding hydrogens is 423 g/mol. The van der Waals surface area contributed by atoms with Crippen molar-refractivity contribution in [3.05, 3.63) is 52.4 Å². The van der Waals surface area contributed by atoms with E-state index in [9.17, 15) is 23.1 Å². The summed E-state index contributed by atoms with van der Waals surface area (Å²) in [6.07, 6.45) is -2.84. The second-order valence-electron chi connectivity index (χ2n) is 7.14. The summed E-state index contributed by atoms with van der Waals surface area (Å²) in [5.74, 6) is -1.18. The lowest BCUT2D eigenvalue weighted by molar-refractivity contribution is -0.128. The summed E-state index contributed by atoms with van der Waals surface area (Å²) in [4.78, 5) is 13.5. The second-order valence-corrected chi connectivity index (χ2v) is 7.52. The van der Waals surface area contributed by atoms with E-state index < -0.39 is 18.6 Å². The number of benzene rings is 1. The summed E-state index contributed by atoms with van der Waals surface area (Å²) in [6.45, 7) is 1.19. The van der Waals surface area contributed by atoms with Crippen LogP contribution < -0.4 is 4.90 Å². The Balaban J connectivity index is 1.54. The number of carbonyl (C=O) groups is 1. The van der Waals surface area contributed by atoms with Crippen molar-refractivity contribution in [3.63, 3.8) is 0 Å². The van der Waals surface area contributed by atoms with Crippen molar-refractivity contribution in [3.8, 4) is 0 Å². The maximum Gasteiger partial charge on any atom is 0.396 e. The molecule has 0 saturated carbocycles. The number of carboxylic acids is 1. The van der Waals surface area contributed by atoms with Crippen LogP contribution in [-0.4, -0.2) is 50.2 Å². The van der Waals surface area contributed by atoms with E-state index in [-0.39, 0.29) is 22.4 Å². The molecule has 2 aromatic heterocycles. The Morgan fingerprint density at radius 2 is 1.90 bits per heavy atom. The monoisotopic (exact) mass is 439 g/mol. The molecule has 7 nitrogen and oxygen atoms in total. The van der Waals surface area contributed by atoms with Gasteiger partial charge in [0.1, 0.15) is 11.4 Å². The molecule has 0 spiro atoms. The molecule has 3 aromatic rings. The van der Waals surface area contributed by atoms with Crippen molar-refractivity contribution in [1.29, 1.82) is 0 Å². The van der Waals surface area contributed by atoms with Gasteiger partial charge in [0.15, 0.2) is 11.5 Å². The van der Waals surface area contributed by atoms with Crippen LogP contribution in [0.1, 0.15) is 40.5 Å². The number of halogens is 4. The average Bonchev–Trinajstić information content (AvgIpc) is 3.10. The van der Waals surface area contributed by atoms with Crippen LogP contribution in [0.15, 0.2) is 30.5 Å². The molecular formula is C19H17ClF3N5O2. The minimum Gasteiger partial charge on any atom is -0.478 e. The summed E-state index contributed by atoms with van der Waals surface area (Å²) in [5.41, 5.74) is 1.75. The summed E-state index contributed by atoms with van der Waals surface area (Å²) < 4.78 is 39.1. The molecule has 0 amide bonds. The van der Waals surface area contributed by atoms with E-state index >= 15 is 0 Å². The third kappa shape index (κ3) is 3.91. The molecule has 4 rings (SSSR count). The maximum absolute atomic E-state index is 12.7. The molecule has 0 atom stereocenters. The number of alkyl halides is 3. The van der Waals surface area contributed by atoms with Crippen molar-refractivity contribution in [2.24, 2.45) is 0 Å². The zero-order valence-electron chi connectivity index (χ0n) is 15.6. The highest BCUT2D eigenvalue weighted by Crippen LogP contribution is 2.35. The number of aromatic carboxylic acids is 1. The summed E-state index contributed by atoms with van der Waals surface area (Å²) >= 11 is 6.42. The Labute approximate surface area is 174 Å². The average molecular weight is 440 g/mol. The van der Waals surface area contributed by atoms with Gasteiger partial charge >= 0.3 is 12.1 Å². The molecule has 1 aliphatic rings. The van der Waals surface area contributed by atoms with Gasteiger partial charge in [-0.15, -0.1) is 10.2 Å². The third-order valence-electron chi connectivity index (χ3n) is 5.25. The summed E-state index contributed by atoms with van der Waals surface area (Å²) in [7, 11) is 0. The molecule has 0 bridgehead atoms. The van der Waals surface area contributed by atoms with Crippen molar-refractivity contribution in [2.75, 3.05) is 18.0 Å². The number of nitrogens with zero attached hydrogens (tertiary/aromatic N) is 5. The Bertz CT molecular complexity index is 1090. The molecule has 158 valence electrons. The maximum atomic E-state index is 12.7. The molecule has 1 fully saturated rings. The fraction of sp³-hybridized carbons (Fsp3) is 0.368. The molecule has 30 heavy (non-hydrogen) atoms. The van der Waals surface area contributed by atoms with Gasteiger partial charge < -0.3 is 10.0 Å². The van der Waals surface area contributed by atoms with Gasteiger partial charge in [-0.25, -0.2) is 4.79 Å². The lowest BCUT2D eigenvalue weighted by atomic mass is 9.86. The number of hydrogen-bond donors (Lipinski definition) is 1. The first kappa shape index (κ1) is 20.4. The first-order valence-corrected chi connectivity index (χ1v) is 9.65. The van der Waals surface area contributed by atoms with Crippen LogP contribution in [0.25, 0.3) is 5.65 Å². The highest BCUT2D eigenvalue weighted by Gasteiger charge is 2.32. The lowest BCUT2D eigenvalue weighted by Gasteiger charge is -2.34. The highest BCUT2D eigenvalue weighted by molar-refractivity contribution is 6.36. The third-order valence-corrected chi connectivity index (χ3v) is 5.61. The molecule has 0 aliphatic carbocycles. The summed E-state index contributed by atoms with van der Waals surface area (Å²) in [5, 5.41) is 21.0. The number of piperidine rings is 1. The van der Waals surface area contributed by atoms with Crippen molar-refractivity contribution in [1.82, 2.24) is 19.8 Å². The fourth-order valence-corrected chi connectivity index (χ4v) is 4.13. The largest absolute Gasteiger partial charge is 0.478 e. The number of carboxylic acid groups (broad SMARTS) is 1. The van der Waals surface area contributed by atoms with Crippen molar-refractivity contribution >= 4 is 28.9 Å². The van der Waals surface area contributed by atoms with Gasteiger partial charge in [0, 0.05) is 13.1 Å². The van der Waals surface area contributed by atoms with Gasteiger partial charge in [-0.2, -0.15) is 22.8 Å². The Hall–Kier alpha value is -2.88. The van der Waals surface area contributed by atoms with Crippen LogP contribution in [0.3, 0.4) is 0 Å². The van der Waals surface area contributed by atoms with Crippen LogP contribution in [0.4, 0.5) is 18.9 Å². The quantitative estimate of drug-likeness (QED) is 0.662. The first-order chi connectivity index (χ1) is 14.2. The number of aromatic nitrogens is 4. The molecule has 11 heteroatoms. The number of hydrogen-bond acceptors (Lipinski definition) is 5. The highest BCUT2D eigenvalue weighted by atomic mass is 35.5. The van der Waals surface area contributed by atoms with Gasteiger partial charge in [-0.3, -0.25) is 0 Å². The topological polar surface area (TPSA) is 83.6 Å². The standard InChI is InChI=1S/C19H17ClF3N5O2/c20-16-14(10-24-28-15(9-19(21,22)23)25-26-17(16)28)27-7-5-11(6-8-27)12-3-1-2-4-13(12)18(29)30/h1-4,10-11H,5-9H2,(H,29,30). The van der Waals surface area contributed by atoms with Gasteiger partial charge in [-0.05, 0) is 30.4 Å². The minimum atomic E-state index is -4.43. The minimum absolute atomic E-state index is 0.0757. The second kappa shape index (κ2) is 7.75. The number of fused-ring (bicyclic) bond motifs is 1. The zero-order valence-corrected chi connectivity index (χ0v) is 16.4. The van der Waals surface area contributed by atoms with Crippen LogP contribution in [0, 0.1) is 0 Å². The van der Waals surface area contributed by atoms with Crippen molar-refractivity contribution < 1.29 is 23.1 Å². The fourth-order valence-electron chi connectivity index (χ4n) is 3.84. The van der Waals surface area contributed by atoms with Crippen LogP contribution in [0.5, 0.6) is 0 Å². The van der Waals surface area contributed by atoms with Crippen LogP contribution in [-0.2, 0) is 6.42 Å². The van der Waals surface area contributed by atoms with E-state index in [4.69, 9.17) is 11.6 Å². The Morgan fingerprint density at radius 1 is 1.20 bits per heavy atom. The van der Waals surface area contributed by atoms with E-state index in [0.29, 0.717) is 37.2 Å². The van der Waals surface area contributed by atoms with Gasteiger partial charge in [0.2, 0.25) is 0 Å². The SMILES string of the molecule is O=C(O)c1ccccc1C1CCN(c2cnn3c(CC(F)(F)F)nnc3c2Cl)CC1. The van der Waals surface area contributed by atoms with Gasteiger partial charge in [-0.1, -0.05) is 29.8 Å². The molecule has 1 N–H and O–H groups in total. The van der Waals surface area contributed by atoms with E-state index in [2.05, 4.69) is 15.3 Å². The van der Waals surface area contributed by atoms with E-state index in [1.54, 1.807) is 12.1 Å². The zero-order chi connectivity index (χ0) is 21.5. The first-order valence-electron chi connectivity index (χ1n) is 9.27. The van der Waals surface area contributed by atoms with Crippen LogP contribution in [0.2, 0.25) is 5.02 Å². The van der Waals surface area contributed by atoms with E-state index in [1.165, 1.54) is 6.20 Å². The van der Waals surface area contributed by atoms with Gasteiger partial charge in [0.25, 0.3) is 0 Å². The lowest BCUT2D eigenvalue weighted by Crippen LogP contribution is -2.33. The molecule has 1 saturated heterocycles. The predicted molar refractivity (Wildman–Crippen MR) is 103 cm³/mol. The Kier molecular flexibility index (Phi) is 5.27. The summed E-state index contributed by atoms with van der Waals surface area (Å²) in [6, 6.07) is 6.96. The molecule has 0 unspecified atom stereocenters. The number of rotatable bonds is 4. The predicted octanol–water partition coefficient (Wildman–Crippen LogP) is 3.96. The number of anilines is 1. The van der Waals surface area contributed by atoms with E-state index in [0.717, 1.165) is 10.1 Å². The molecule has 1 aliphatic heterocycles. The normalized spacial score (nSPS) is 15.7. The van der Waals surface area contributed by atoms with Crippen molar-refractivity contribution in [2.45, 2.75) is 31.4 Å². The molecule has 3 heterocycles. The van der Waals surface area contributed by atoms with Gasteiger partial charge in [0.05, 0.1) is 17.4 Å².